The Hall–Kier alpha value is -2.04. The fraction of sp³-hybridized carbons (Fsp3) is 0.316. The van der Waals surface area contributed by atoms with E-state index >= 15 is 0 Å². The maximum Gasteiger partial charge on any atom is 0.337 e. The zero-order chi connectivity index (χ0) is 16.7. The van der Waals surface area contributed by atoms with Gasteiger partial charge in [-0.2, -0.15) is 0 Å². The van der Waals surface area contributed by atoms with E-state index in [1.54, 1.807) is 0 Å². The predicted octanol–water partition coefficient (Wildman–Crippen LogP) is 4.37. The van der Waals surface area contributed by atoms with Gasteiger partial charge in [-0.3, -0.25) is 0 Å². The summed E-state index contributed by atoms with van der Waals surface area (Å²) >= 11 is 6.15. The lowest BCUT2D eigenvalue weighted by Crippen LogP contribution is -2.29. The fourth-order valence-corrected chi connectivity index (χ4v) is 3.90. The summed E-state index contributed by atoms with van der Waals surface area (Å²) < 4.78 is 10.8. The molecule has 0 saturated carbocycles. The second kappa shape index (κ2) is 6.11. The van der Waals surface area contributed by atoms with E-state index in [2.05, 4.69) is 5.32 Å². The highest BCUT2D eigenvalue weighted by Crippen LogP contribution is 2.50. The quantitative estimate of drug-likeness (QED) is 0.822. The smallest absolute Gasteiger partial charge is 0.337 e. The van der Waals surface area contributed by atoms with Gasteiger partial charge in [-0.15, -0.1) is 0 Å². The number of fused-ring (bicyclic) bond motifs is 3. The van der Waals surface area contributed by atoms with Crippen molar-refractivity contribution in [2.45, 2.75) is 18.6 Å². The first-order valence-electron chi connectivity index (χ1n) is 8.03. The van der Waals surface area contributed by atoms with Crippen LogP contribution in [0.3, 0.4) is 0 Å². The Morgan fingerprint density at radius 1 is 1.25 bits per heavy atom. The van der Waals surface area contributed by atoms with Crippen LogP contribution in [0.1, 0.15) is 40.1 Å². The van der Waals surface area contributed by atoms with E-state index in [-0.39, 0.29) is 18.1 Å². The highest BCUT2D eigenvalue weighted by molar-refractivity contribution is 6.30. The Morgan fingerprint density at radius 3 is 2.79 bits per heavy atom. The lowest BCUT2D eigenvalue weighted by molar-refractivity contribution is 0.0600. The van der Waals surface area contributed by atoms with E-state index in [0.717, 1.165) is 34.9 Å². The van der Waals surface area contributed by atoms with E-state index in [9.17, 15) is 4.79 Å². The number of hydrogen-bond acceptors (Lipinski definition) is 4. The summed E-state index contributed by atoms with van der Waals surface area (Å²) in [6.07, 6.45) is 1.05. The third-order valence-electron chi connectivity index (χ3n) is 4.89. The Labute approximate surface area is 145 Å². The largest absolute Gasteiger partial charge is 0.465 e. The predicted molar refractivity (Wildman–Crippen MR) is 92.4 cm³/mol. The van der Waals surface area contributed by atoms with E-state index in [4.69, 9.17) is 21.1 Å². The molecule has 0 unspecified atom stereocenters. The number of rotatable bonds is 2. The Balaban J connectivity index is 1.68. The second-order valence-electron chi connectivity index (χ2n) is 6.21. The number of ether oxygens (including phenoxy) is 2. The average Bonchev–Trinajstić information content (AvgIpc) is 3.11. The topological polar surface area (TPSA) is 47.6 Å². The van der Waals surface area contributed by atoms with Crippen molar-refractivity contribution in [3.05, 3.63) is 64.2 Å². The van der Waals surface area contributed by atoms with Crippen LogP contribution < -0.4 is 5.32 Å². The Morgan fingerprint density at radius 2 is 2.04 bits per heavy atom. The first-order valence-corrected chi connectivity index (χ1v) is 8.41. The average molecular weight is 344 g/mol. The van der Waals surface area contributed by atoms with Gasteiger partial charge >= 0.3 is 5.97 Å². The van der Waals surface area contributed by atoms with Crippen molar-refractivity contribution in [2.24, 2.45) is 5.92 Å². The molecule has 2 aliphatic rings. The lowest BCUT2D eigenvalue weighted by atomic mass is 9.81. The molecule has 0 bridgehead atoms. The summed E-state index contributed by atoms with van der Waals surface area (Å²) in [6, 6.07) is 13.6. The summed E-state index contributed by atoms with van der Waals surface area (Å²) in [6.45, 7) is 0.750. The zero-order valence-corrected chi connectivity index (χ0v) is 14.0. The molecule has 2 aromatic carbocycles. The van der Waals surface area contributed by atoms with E-state index < -0.39 is 0 Å². The number of carbonyl (C=O) groups is 1. The molecule has 0 aliphatic carbocycles. The molecule has 2 aromatic rings. The molecule has 0 amide bonds. The maximum absolute atomic E-state index is 11.6. The molecule has 4 nitrogen and oxygen atoms in total. The van der Waals surface area contributed by atoms with Gasteiger partial charge in [-0.05, 0) is 42.3 Å². The highest BCUT2D eigenvalue weighted by atomic mass is 35.5. The van der Waals surface area contributed by atoms with E-state index in [0.29, 0.717) is 11.5 Å². The van der Waals surface area contributed by atoms with Crippen LogP contribution in [0.25, 0.3) is 0 Å². The number of carbonyl (C=O) groups excluding carboxylic acids is 1. The van der Waals surface area contributed by atoms with Crippen molar-refractivity contribution < 1.29 is 14.3 Å². The van der Waals surface area contributed by atoms with Crippen LogP contribution in [0, 0.1) is 5.92 Å². The van der Waals surface area contributed by atoms with E-state index in [1.165, 1.54) is 7.11 Å². The summed E-state index contributed by atoms with van der Waals surface area (Å²) in [5.74, 6) is 0.0279. The van der Waals surface area contributed by atoms with Crippen LogP contribution in [0.4, 0.5) is 5.69 Å². The van der Waals surface area contributed by atoms with Crippen LogP contribution in [-0.4, -0.2) is 19.7 Å². The fourth-order valence-electron chi connectivity index (χ4n) is 3.72. The number of benzene rings is 2. The third kappa shape index (κ3) is 2.56. The molecule has 2 heterocycles. The summed E-state index contributed by atoms with van der Waals surface area (Å²) in [5, 5.41) is 4.35. The minimum absolute atomic E-state index is 0.0604. The van der Waals surface area contributed by atoms with Crippen LogP contribution in [0.2, 0.25) is 5.02 Å². The highest BCUT2D eigenvalue weighted by Gasteiger charge is 2.41. The van der Waals surface area contributed by atoms with Gasteiger partial charge in [0, 0.05) is 28.8 Å². The number of halogens is 1. The minimum Gasteiger partial charge on any atom is -0.465 e. The SMILES string of the molecule is COC(=O)c1ccc([C@@H]2Nc3ccc(Cl)cc3[C@@H]3OCC[C@@H]23)cc1. The van der Waals surface area contributed by atoms with E-state index in [1.807, 2.05) is 42.5 Å². The zero-order valence-electron chi connectivity index (χ0n) is 13.3. The lowest BCUT2D eigenvalue weighted by Gasteiger charge is -2.36. The standard InChI is InChI=1S/C19H18ClNO3/c1-23-19(22)12-4-2-11(3-5-12)17-14-8-9-24-18(14)15-10-13(20)6-7-16(15)21-17/h2-7,10,14,17-18,21H,8-9H2,1H3/t14-,17-,18+/m0/s1. The molecule has 0 aromatic heterocycles. The van der Waals surface area contributed by atoms with Crippen LogP contribution in [0.5, 0.6) is 0 Å². The summed E-state index contributed by atoms with van der Waals surface area (Å²) in [7, 11) is 1.39. The van der Waals surface area contributed by atoms with Gasteiger partial charge in [-0.25, -0.2) is 4.79 Å². The summed E-state index contributed by atoms with van der Waals surface area (Å²) in [5.41, 5.74) is 3.89. The number of anilines is 1. The second-order valence-corrected chi connectivity index (χ2v) is 6.65. The molecule has 2 aliphatic heterocycles. The summed E-state index contributed by atoms with van der Waals surface area (Å²) in [4.78, 5) is 11.6. The van der Waals surface area contributed by atoms with Gasteiger partial charge < -0.3 is 14.8 Å². The van der Waals surface area contributed by atoms with Crippen molar-refractivity contribution in [2.75, 3.05) is 19.0 Å². The third-order valence-corrected chi connectivity index (χ3v) is 5.12. The number of esters is 1. The van der Waals surface area contributed by atoms with Crippen molar-refractivity contribution in [3.8, 4) is 0 Å². The van der Waals surface area contributed by atoms with Crippen molar-refractivity contribution in [1.82, 2.24) is 0 Å². The van der Waals surface area contributed by atoms with Gasteiger partial charge in [0.2, 0.25) is 0 Å². The number of nitrogens with one attached hydrogen (secondary N) is 1. The minimum atomic E-state index is -0.319. The first-order chi connectivity index (χ1) is 11.7. The molecule has 0 spiro atoms. The first kappa shape index (κ1) is 15.5. The van der Waals surface area contributed by atoms with Gasteiger partial charge in [-0.1, -0.05) is 23.7 Å². The van der Waals surface area contributed by atoms with Crippen molar-refractivity contribution in [3.63, 3.8) is 0 Å². The van der Waals surface area contributed by atoms with Crippen LogP contribution in [-0.2, 0) is 9.47 Å². The Bertz CT molecular complexity index is 775. The van der Waals surface area contributed by atoms with Crippen molar-refractivity contribution in [1.29, 1.82) is 0 Å². The van der Waals surface area contributed by atoms with Crippen molar-refractivity contribution >= 4 is 23.3 Å². The number of methoxy groups -OCH3 is 1. The molecule has 124 valence electrons. The Kier molecular flexibility index (Phi) is 3.94. The molecular formula is C19H18ClNO3. The normalized spacial score (nSPS) is 24.7. The van der Waals surface area contributed by atoms with Gasteiger partial charge in [0.05, 0.1) is 24.8 Å². The van der Waals surface area contributed by atoms with Gasteiger partial charge in [0.25, 0.3) is 0 Å². The van der Waals surface area contributed by atoms with Gasteiger partial charge in [0.15, 0.2) is 0 Å². The monoisotopic (exact) mass is 343 g/mol. The molecule has 1 saturated heterocycles. The molecule has 0 radical (unpaired) electrons. The molecule has 1 fully saturated rings. The molecular weight excluding hydrogens is 326 g/mol. The molecule has 4 rings (SSSR count). The molecule has 3 atom stereocenters. The maximum atomic E-state index is 11.6. The molecule has 24 heavy (non-hydrogen) atoms. The molecule has 5 heteroatoms. The molecule has 1 N–H and O–H groups in total. The van der Waals surface area contributed by atoms with Crippen LogP contribution in [0.15, 0.2) is 42.5 Å². The van der Waals surface area contributed by atoms with Crippen LogP contribution >= 0.6 is 11.6 Å². The number of hydrogen-bond donors (Lipinski definition) is 1. The van der Waals surface area contributed by atoms with Gasteiger partial charge in [0.1, 0.15) is 0 Å².